The second kappa shape index (κ2) is 11.4. The third-order valence-electron chi connectivity index (χ3n) is 5.87. The predicted molar refractivity (Wildman–Crippen MR) is 131 cm³/mol. The Hall–Kier alpha value is -4.25. The highest BCUT2D eigenvalue weighted by atomic mass is 19.4. The van der Waals surface area contributed by atoms with E-state index in [1.54, 1.807) is 12.1 Å². The molecule has 38 heavy (non-hydrogen) atoms. The van der Waals surface area contributed by atoms with Crippen molar-refractivity contribution in [2.24, 2.45) is 0 Å². The largest absolute Gasteiger partial charge is 0.495 e. The van der Waals surface area contributed by atoms with Crippen molar-refractivity contribution in [1.29, 1.82) is 0 Å². The van der Waals surface area contributed by atoms with Crippen molar-refractivity contribution in [2.45, 2.75) is 31.3 Å². The Labute approximate surface area is 216 Å². The van der Waals surface area contributed by atoms with Crippen molar-refractivity contribution < 1.29 is 42.1 Å². The first-order valence-electron chi connectivity index (χ1n) is 11.6. The third-order valence-corrected chi connectivity index (χ3v) is 5.87. The predicted octanol–water partition coefficient (Wildman–Crippen LogP) is 5.22. The zero-order chi connectivity index (χ0) is 27.3. The second-order valence-electron chi connectivity index (χ2n) is 8.57. The van der Waals surface area contributed by atoms with Crippen molar-refractivity contribution >= 4 is 17.7 Å². The van der Waals surface area contributed by atoms with Gasteiger partial charge in [0.2, 0.25) is 5.91 Å². The number of amides is 2. The van der Waals surface area contributed by atoms with Gasteiger partial charge in [0.05, 0.1) is 31.0 Å². The van der Waals surface area contributed by atoms with Gasteiger partial charge in [0, 0.05) is 12.5 Å². The van der Waals surface area contributed by atoms with Crippen LogP contribution in [0.15, 0.2) is 72.8 Å². The SMILES string of the molecule is COc1ccc(Oc2ccc(C(F)(F)F)cc2)cc1NC(=O)[C@H]1CC(O)CN1C(=O)OCc1ccccc1. The normalized spacial score (nSPS) is 17.1. The van der Waals surface area contributed by atoms with E-state index < -0.39 is 35.9 Å². The molecular weight excluding hydrogens is 505 g/mol. The number of nitrogens with zero attached hydrogens (tertiary/aromatic N) is 1. The Kier molecular flexibility index (Phi) is 8.06. The lowest BCUT2D eigenvalue weighted by atomic mass is 10.1. The molecule has 8 nitrogen and oxygen atoms in total. The summed E-state index contributed by atoms with van der Waals surface area (Å²) < 4.78 is 54.7. The van der Waals surface area contributed by atoms with Gasteiger partial charge >= 0.3 is 12.3 Å². The van der Waals surface area contributed by atoms with Gasteiger partial charge in [0.15, 0.2) is 0 Å². The highest BCUT2D eigenvalue weighted by Crippen LogP contribution is 2.34. The molecule has 1 heterocycles. The number of carbonyl (C=O) groups excluding carboxylic acids is 2. The molecule has 0 aromatic heterocycles. The first kappa shape index (κ1) is 26.8. The highest BCUT2D eigenvalue weighted by molar-refractivity contribution is 5.98. The van der Waals surface area contributed by atoms with Crippen molar-refractivity contribution in [2.75, 3.05) is 19.0 Å². The van der Waals surface area contributed by atoms with Crippen molar-refractivity contribution in [3.05, 3.63) is 83.9 Å². The number of methoxy groups -OCH3 is 1. The number of carbonyl (C=O) groups is 2. The zero-order valence-electron chi connectivity index (χ0n) is 20.3. The summed E-state index contributed by atoms with van der Waals surface area (Å²) >= 11 is 0. The van der Waals surface area contributed by atoms with Crippen LogP contribution in [0.5, 0.6) is 17.2 Å². The first-order chi connectivity index (χ1) is 18.1. The average molecular weight is 530 g/mol. The summed E-state index contributed by atoms with van der Waals surface area (Å²) in [6.07, 6.45) is -6.11. The van der Waals surface area contributed by atoms with E-state index in [9.17, 15) is 27.9 Å². The van der Waals surface area contributed by atoms with E-state index >= 15 is 0 Å². The fourth-order valence-corrected chi connectivity index (χ4v) is 3.98. The van der Waals surface area contributed by atoms with Gasteiger partial charge in [-0.25, -0.2) is 4.79 Å². The number of alkyl halides is 3. The van der Waals surface area contributed by atoms with Crippen LogP contribution >= 0.6 is 0 Å². The Morgan fingerprint density at radius 2 is 1.71 bits per heavy atom. The highest BCUT2D eigenvalue weighted by Gasteiger charge is 2.40. The lowest BCUT2D eigenvalue weighted by Gasteiger charge is -2.23. The molecule has 1 aliphatic rings. The van der Waals surface area contributed by atoms with Crippen LogP contribution in [-0.4, -0.2) is 47.8 Å². The number of halogens is 3. The van der Waals surface area contributed by atoms with Crippen LogP contribution in [0.1, 0.15) is 17.5 Å². The zero-order valence-corrected chi connectivity index (χ0v) is 20.3. The van der Waals surface area contributed by atoms with Crippen LogP contribution in [-0.2, 0) is 22.3 Å². The minimum absolute atomic E-state index is 0.0102. The molecule has 2 N–H and O–H groups in total. The van der Waals surface area contributed by atoms with Crippen LogP contribution < -0.4 is 14.8 Å². The number of anilines is 1. The van der Waals surface area contributed by atoms with Crippen LogP contribution in [0, 0.1) is 0 Å². The number of rotatable bonds is 7. The molecule has 11 heteroatoms. The molecule has 1 saturated heterocycles. The van der Waals surface area contributed by atoms with Gasteiger partial charge in [0.25, 0.3) is 0 Å². The van der Waals surface area contributed by atoms with Gasteiger partial charge in [-0.3, -0.25) is 9.69 Å². The number of aliphatic hydroxyl groups excluding tert-OH is 1. The number of ether oxygens (including phenoxy) is 3. The summed E-state index contributed by atoms with van der Waals surface area (Å²) in [7, 11) is 1.40. The number of likely N-dealkylation sites (tertiary alicyclic amines) is 1. The van der Waals surface area contributed by atoms with Gasteiger partial charge in [0.1, 0.15) is 29.9 Å². The van der Waals surface area contributed by atoms with Gasteiger partial charge in [-0.05, 0) is 42.0 Å². The lowest BCUT2D eigenvalue weighted by molar-refractivity contribution is -0.137. The molecule has 200 valence electrons. The second-order valence-corrected chi connectivity index (χ2v) is 8.57. The molecule has 0 radical (unpaired) electrons. The van der Waals surface area contributed by atoms with E-state index in [0.717, 1.165) is 22.6 Å². The Balaban J connectivity index is 1.45. The van der Waals surface area contributed by atoms with E-state index in [0.29, 0.717) is 0 Å². The topological polar surface area (TPSA) is 97.3 Å². The van der Waals surface area contributed by atoms with Crippen LogP contribution in [0.2, 0.25) is 0 Å². The van der Waals surface area contributed by atoms with Gasteiger partial charge in [-0.2, -0.15) is 13.2 Å². The summed E-state index contributed by atoms with van der Waals surface area (Å²) in [5, 5.41) is 12.8. The van der Waals surface area contributed by atoms with Crippen LogP contribution in [0.4, 0.5) is 23.7 Å². The quantitative estimate of drug-likeness (QED) is 0.435. The van der Waals surface area contributed by atoms with E-state index in [2.05, 4.69) is 5.32 Å². The Morgan fingerprint density at radius 1 is 1.03 bits per heavy atom. The standard InChI is InChI=1S/C27H25F3N2O6/c1-36-24-12-11-21(38-20-9-7-18(8-10-20)27(28,29)30)14-22(24)31-25(34)23-13-19(33)15-32(23)26(35)37-16-17-5-3-2-4-6-17/h2-12,14,19,23,33H,13,15-16H2,1H3,(H,31,34)/t19?,23-/m1/s1. The van der Waals surface area contributed by atoms with Crippen molar-refractivity contribution in [3.63, 3.8) is 0 Å². The van der Waals surface area contributed by atoms with Gasteiger partial charge in [-0.15, -0.1) is 0 Å². The molecule has 3 aromatic carbocycles. The van der Waals surface area contributed by atoms with Crippen molar-refractivity contribution in [3.8, 4) is 17.2 Å². The summed E-state index contributed by atoms with van der Waals surface area (Å²) in [6.45, 7) is -0.0579. The molecule has 0 saturated carbocycles. The maximum atomic E-state index is 13.1. The van der Waals surface area contributed by atoms with Crippen LogP contribution in [0.3, 0.4) is 0 Å². The molecule has 0 spiro atoms. The maximum Gasteiger partial charge on any atom is 0.416 e. The summed E-state index contributed by atoms with van der Waals surface area (Å²) in [4.78, 5) is 27.0. The fraction of sp³-hybridized carbons (Fsp3) is 0.259. The average Bonchev–Trinajstić information content (AvgIpc) is 3.30. The Morgan fingerprint density at radius 3 is 2.37 bits per heavy atom. The monoisotopic (exact) mass is 530 g/mol. The molecule has 1 fully saturated rings. The van der Waals surface area contributed by atoms with Gasteiger partial charge < -0.3 is 24.6 Å². The van der Waals surface area contributed by atoms with E-state index in [-0.39, 0.29) is 42.5 Å². The molecule has 4 rings (SSSR count). The first-order valence-corrected chi connectivity index (χ1v) is 11.6. The molecule has 0 bridgehead atoms. The Bertz CT molecular complexity index is 1270. The number of hydrogen-bond acceptors (Lipinski definition) is 6. The van der Waals surface area contributed by atoms with Gasteiger partial charge in [-0.1, -0.05) is 30.3 Å². The molecule has 1 unspecified atom stereocenters. The number of nitrogens with one attached hydrogen (secondary N) is 1. The van der Waals surface area contributed by atoms with Crippen molar-refractivity contribution in [1.82, 2.24) is 4.90 Å². The summed E-state index contributed by atoms with van der Waals surface area (Å²) in [6, 6.07) is 16.7. The van der Waals surface area contributed by atoms with Crippen LogP contribution in [0.25, 0.3) is 0 Å². The molecule has 2 amide bonds. The number of hydrogen-bond donors (Lipinski definition) is 2. The third kappa shape index (κ3) is 6.54. The summed E-state index contributed by atoms with van der Waals surface area (Å²) in [5.74, 6) is 0.0937. The molecular formula is C27H25F3N2O6. The molecule has 2 atom stereocenters. The number of aliphatic hydroxyl groups is 1. The maximum absolute atomic E-state index is 13.1. The minimum Gasteiger partial charge on any atom is -0.495 e. The molecule has 0 aliphatic carbocycles. The van der Waals surface area contributed by atoms with E-state index in [4.69, 9.17) is 14.2 Å². The van der Waals surface area contributed by atoms with E-state index in [1.807, 2.05) is 18.2 Å². The number of β-amino-alcohol motifs (C(OH)–C–C–N with tert-alkyl or cyclic N) is 1. The minimum atomic E-state index is -4.47. The fourth-order valence-electron chi connectivity index (χ4n) is 3.98. The van der Waals surface area contributed by atoms with E-state index in [1.165, 1.54) is 37.4 Å². The molecule has 3 aromatic rings. The number of benzene rings is 3. The lowest BCUT2D eigenvalue weighted by Crippen LogP contribution is -2.43. The smallest absolute Gasteiger partial charge is 0.416 e. The molecule has 1 aliphatic heterocycles. The summed E-state index contributed by atoms with van der Waals surface area (Å²) in [5.41, 5.74) is 0.176.